The SMILES string of the molecule is CCC(N)(CC)COCc1cc(F)ccc1Cl. The Kier molecular flexibility index (Phi) is 5.37. The van der Waals surface area contributed by atoms with Crippen molar-refractivity contribution in [3.8, 4) is 0 Å². The first kappa shape index (κ1) is 14.4. The summed E-state index contributed by atoms with van der Waals surface area (Å²) in [5.41, 5.74) is 6.44. The van der Waals surface area contributed by atoms with Crippen molar-refractivity contribution in [2.75, 3.05) is 6.61 Å². The van der Waals surface area contributed by atoms with E-state index < -0.39 is 0 Å². The second kappa shape index (κ2) is 6.34. The minimum absolute atomic E-state index is 0.287. The quantitative estimate of drug-likeness (QED) is 0.849. The summed E-state index contributed by atoms with van der Waals surface area (Å²) in [5, 5.41) is 0.516. The van der Waals surface area contributed by atoms with Crippen molar-refractivity contribution >= 4 is 11.6 Å². The third kappa shape index (κ3) is 4.26. The van der Waals surface area contributed by atoms with Gasteiger partial charge in [-0.25, -0.2) is 4.39 Å². The van der Waals surface area contributed by atoms with Crippen LogP contribution in [-0.2, 0) is 11.3 Å². The number of benzene rings is 1. The second-order valence-corrected chi connectivity index (χ2v) is 4.71. The maximum atomic E-state index is 13.0. The van der Waals surface area contributed by atoms with Gasteiger partial charge in [-0.2, -0.15) is 0 Å². The van der Waals surface area contributed by atoms with Gasteiger partial charge in [-0.15, -0.1) is 0 Å². The molecule has 0 fully saturated rings. The van der Waals surface area contributed by atoms with Crippen LogP contribution in [0, 0.1) is 5.82 Å². The minimum atomic E-state index is -0.307. The van der Waals surface area contributed by atoms with Crippen molar-refractivity contribution in [3.63, 3.8) is 0 Å². The summed E-state index contributed by atoms with van der Waals surface area (Å²) in [4.78, 5) is 0. The molecule has 0 saturated carbocycles. The lowest BCUT2D eigenvalue weighted by molar-refractivity contribution is 0.0695. The fourth-order valence-corrected chi connectivity index (χ4v) is 1.64. The zero-order valence-electron chi connectivity index (χ0n) is 10.3. The largest absolute Gasteiger partial charge is 0.375 e. The zero-order chi connectivity index (χ0) is 12.9. The molecule has 0 aliphatic heterocycles. The van der Waals surface area contributed by atoms with Crippen LogP contribution in [0.15, 0.2) is 18.2 Å². The van der Waals surface area contributed by atoms with Gasteiger partial charge in [0, 0.05) is 10.6 Å². The van der Waals surface area contributed by atoms with E-state index in [1.54, 1.807) is 0 Å². The van der Waals surface area contributed by atoms with Crippen LogP contribution in [0.3, 0.4) is 0 Å². The van der Waals surface area contributed by atoms with E-state index in [2.05, 4.69) is 0 Å². The Morgan fingerprint density at radius 1 is 1.35 bits per heavy atom. The fraction of sp³-hybridized carbons (Fsp3) is 0.538. The molecule has 2 N–H and O–H groups in total. The first-order valence-corrected chi connectivity index (χ1v) is 6.19. The molecule has 0 aliphatic carbocycles. The van der Waals surface area contributed by atoms with Crippen molar-refractivity contribution in [1.29, 1.82) is 0 Å². The molecule has 0 atom stereocenters. The molecule has 96 valence electrons. The summed E-state index contributed by atoms with van der Waals surface area (Å²) in [6, 6.07) is 4.25. The van der Waals surface area contributed by atoms with Gasteiger partial charge in [0.2, 0.25) is 0 Å². The first-order chi connectivity index (χ1) is 8.00. The third-order valence-electron chi connectivity index (χ3n) is 3.06. The predicted octanol–water partition coefficient (Wildman–Crippen LogP) is 3.51. The molecule has 0 bridgehead atoms. The number of hydrogen-bond donors (Lipinski definition) is 1. The van der Waals surface area contributed by atoms with E-state index in [-0.39, 0.29) is 18.0 Å². The van der Waals surface area contributed by atoms with E-state index in [0.717, 1.165) is 12.8 Å². The molecule has 1 rings (SSSR count). The van der Waals surface area contributed by atoms with Crippen molar-refractivity contribution in [1.82, 2.24) is 0 Å². The van der Waals surface area contributed by atoms with Crippen molar-refractivity contribution in [2.45, 2.75) is 38.8 Å². The van der Waals surface area contributed by atoms with Gasteiger partial charge in [0.05, 0.1) is 13.2 Å². The molecule has 0 heterocycles. The third-order valence-corrected chi connectivity index (χ3v) is 3.43. The Hall–Kier alpha value is -0.640. The smallest absolute Gasteiger partial charge is 0.123 e. The number of nitrogens with two attached hydrogens (primary N) is 1. The molecule has 0 radical (unpaired) electrons. The van der Waals surface area contributed by atoms with E-state index in [9.17, 15) is 4.39 Å². The normalized spacial score (nSPS) is 11.8. The topological polar surface area (TPSA) is 35.2 Å². The summed E-state index contributed by atoms with van der Waals surface area (Å²) in [5.74, 6) is -0.307. The Labute approximate surface area is 107 Å². The van der Waals surface area contributed by atoms with E-state index >= 15 is 0 Å². The van der Waals surface area contributed by atoms with E-state index in [0.29, 0.717) is 17.2 Å². The summed E-state index contributed by atoms with van der Waals surface area (Å²) < 4.78 is 18.5. The zero-order valence-corrected chi connectivity index (χ0v) is 11.1. The van der Waals surface area contributed by atoms with Gasteiger partial charge in [0.1, 0.15) is 5.82 Å². The van der Waals surface area contributed by atoms with Gasteiger partial charge in [-0.05, 0) is 36.6 Å². The fourth-order valence-electron chi connectivity index (χ4n) is 1.47. The summed E-state index contributed by atoms with van der Waals surface area (Å²) in [6.45, 7) is 4.80. The Balaban J connectivity index is 2.53. The van der Waals surface area contributed by atoms with Crippen LogP contribution in [-0.4, -0.2) is 12.1 Å². The molecule has 1 aromatic rings. The molecule has 0 amide bonds. The molecule has 1 aromatic carbocycles. The Bertz CT molecular complexity index is 366. The number of rotatable bonds is 6. The van der Waals surface area contributed by atoms with E-state index in [1.165, 1.54) is 18.2 Å². The maximum Gasteiger partial charge on any atom is 0.123 e. The van der Waals surface area contributed by atoms with Gasteiger partial charge in [-0.3, -0.25) is 0 Å². The van der Waals surface area contributed by atoms with Crippen LogP contribution in [0.2, 0.25) is 5.02 Å². The molecule has 17 heavy (non-hydrogen) atoms. The highest BCUT2D eigenvalue weighted by molar-refractivity contribution is 6.31. The average Bonchev–Trinajstić information content (AvgIpc) is 2.33. The van der Waals surface area contributed by atoms with Crippen molar-refractivity contribution < 1.29 is 9.13 Å². The van der Waals surface area contributed by atoms with Gasteiger partial charge in [0.25, 0.3) is 0 Å². The standard InChI is InChI=1S/C13H19ClFNO/c1-3-13(16,4-2)9-17-8-10-7-11(15)5-6-12(10)14/h5-7H,3-4,8-9,16H2,1-2H3. The van der Waals surface area contributed by atoms with Gasteiger partial charge < -0.3 is 10.5 Å². The molecule has 0 spiro atoms. The lowest BCUT2D eigenvalue weighted by atomic mass is 9.96. The molecular weight excluding hydrogens is 241 g/mol. The Morgan fingerprint density at radius 3 is 2.59 bits per heavy atom. The molecule has 0 aromatic heterocycles. The second-order valence-electron chi connectivity index (χ2n) is 4.30. The van der Waals surface area contributed by atoms with Crippen molar-refractivity contribution in [3.05, 3.63) is 34.6 Å². The van der Waals surface area contributed by atoms with Gasteiger partial charge in [0.15, 0.2) is 0 Å². The highest BCUT2D eigenvalue weighted by Crippen LogP contribution is 2.19. The molecule has 2 nitrogen and oxygen atoms in total. The number of ether oxygens (including phenoxy) is 1. The lowest BCUT2D eigenvalue weighted by Crippen LogP contribution is -2.43. The number of hydrogen-bond acceptors (Lipinski definition) is 2. The minimum Gasteiger partial charge on any atom is -0.375 e. The molecule has 0 unspecified atom stereocenters. The molecule has 0 saturated heterocycles. The summed E-state index contributed by atoms with van der Waals surface area (Å²) in [7, 11) is 0. The van der Waals surface area contributed by atoms with Crippen LogP contribution in [0.5, 0.6) is 0 Å². The summed E-state index contributed by atoms with van der Waals surface area (Å²) >= 11 is 5.94. The number of halogens is 2. The Morgan fingerprint density at radius 2 is 2.00 bits per heavy atom. The van der Waals surface area contributed by atoms with Crippen LogP contribution in [0.4, 0.5) is 4.39 Å². The maximum absolute atomic E-state index is 13.0. The van der Waals surface area contributed by atoms with Crippen LogP contribution in [0.25, 0.3) is 0 Å². The molecule has 4 heteroatoms. The molecular formula is C13H19ClFNO. The summed E-state index contributed by atoms with van der Waals surface area (Å²) in [6.07, 6.45) is 1.70. The highest BCUT2D eigenvalue weighted by atomic mass is 35.5. The first-order valence-electron chi connectivity index (χ1n) is 5.81. The predicted molar refractivity (Wildman–Crippen MR) is 68.6 cm³/mol. The van der Waals surface area contributed by atoms with Crippen LogP contribution >= 0.6 is 11.6 Å². The van der Waals surface area contributed by atoms with E-state index in [1.807, 2.05) is 13.8 Å². The average molecular weight is 260 g/mol. The lowest BCUT2D eigenvalue weighted by Gasteiger charge is -2.26. The van der Waals surface area contributed by atoms with Gasteiger partial charge in [-0.1, -0.05) is 25.4 Å². The van der Waals surface area contributed by atoms with Crippen LogP contribution < -0.4 is 5.73 Å². The van der Waals surface area contributed by atoms with Crippen LogP contribution in [0.1, 0.15) is 32.3 Å². The monoisotopic (exact) mass is 259 g/mol. The molecule has 0 aliphatic rings. The van der Waals surface area contributed by atoms with E-state index in [4.69, 9.17) is 22.1 Å². The highest BCUT2D eigenvalue weighted by Gasteiger charge is 2.20. The van der Waals surface area contributed by atoms with Crippen molar-refractivity contribution in [2.24, 2.45) is 5.73 Å². The van der Waals surface area contributed by atoms with Gasteiger partial charge >= 0.3 is 0 Å².